The lowest BCUT2D eigenvalue weighted by Crippen LogP contribution is -2.27. The zero-order valence-electron chi connectivity index (χ0n) is 18.0. The fourth-order valence-electron chi connectivity index (χ4n) is 4.31. The molecule has 168 valence electrons. The summed E-state index contributed by atoms with van der Waals surface area (Å²) in [4.78, 5) is 19.9. The molecule has 32 heavy (non-hydrogen) atoms. The first-order valence-electron chi connectivity index (χ1n) is 10.9. The fraction of sp³-hybridized carbons (Fsp3) is 0.375. The number of nitrogens with zero attached hydrogens (tertiary/aromatic N) is 2. The van der Waals surface area contributed by atoms with Crippen LogP contribution in [0, 0.1) is 16.4 Å². The Morgan fingerprint density at radius 2 is 2.19 bits per heavy atom. The lowest BCUT2D eigenvalue weighted by atomic mass is 9.87. The van der Waals surface area contributed by atoms with Gasteiger partial charge in [0.1, 0.15) is 17.3 Å². The molecule has 0 radical (unpaired) electrons. The molecule has 1 amide bonds. The molecule has 4 rings (SSSR count). The number of fused-ring (bicyclic) bond motifs is 1. The molecule has 5 nitrogen and oxygen atoms in total. The molecule has 2 heterocycles. The molecule has 8 heteroatoms. The Hall–Kier alpha value is -2.87. The zero-order valence-corrected chi connectivity index (χ0v) is 18.8. The van der Waals surface area contributed by atoms with Crippen LogP contribution >= 0.6 is 12.2 Å². The summed E-state index contributed by atoms with van der Waals surface area (Å²) in [5, 5.41) is 2.90. The number of hydrogen-bond donors (Lipinski definition) is 2. The number of benzene rings is 1. The second-order valence-corrected chi connectivity index (χ2v) is 8.60. The van der Waals surface area contributed by atoms with Crippen molar-refractivity contribution in [1.29, 1.82) is 0 Å². The summed E-state index contributed by atoms with van der Waals surface area (Å²) in [5.74, 6) is -1.32. The van der Waals surface area contributed by atoms with Gasteiger partial charge in [-0.2, -0.15) is 0 Å². The number of aromatic nitrogens is 3. The third-order valence-corrected chi connectivity index (χ3v) is 6.31. The predicted octanol–water partition coefficient (Wildman–Crippen LogP) is 5.22. The summed E-state index contributed by atoms with van der Waals surface area (Å²) in [6, 6.07) is 5.98. The number of hydrogen-bond acceptors (Lipinski definition) is 3. The number of amides is 1. The van der Waals surface area contributed by atoms with Crippen molar-refractivity contribution in [2.45, 2.75) is 58.0 Å². The Kier molecular flexibility index (Phi) is 6.79. The number of carbonyl (C=O) groups is 1. The minimum Gasteiger partial charge on any atom is -0.345 e. The topological polar surface area (TPSA) is 62.7 Å². The van der Waals surface area contributed by atoms with Gasteiger partial charge in [0.2, 0.25) is 0 Å². The molecule has 0 unspecified atom stereocenters. The highest BCUT2D eigenvalue weighted by Gasteiger charge is 2.25. The number of unbranched alkanes of at least 4 members (excludes halogenated alkanes) is 1. The summed E-state index contributed by atoms with van der Waals surface area (Å²) >= 11 is 5.46. The van der Waals surface area contributed by atoms with Gasteiger partial charge in [-0.05, 0) is 73.1 Å². The van der Waals surface area contributed by atoms with Crippen LogP contribution in [0.25, 0.3) is 0 Å². The van der Waals surface area contributed by atoms with E-state index in [1.165, 1.54) is 6.07 Å². The SMILES string of the molecule is CCCCc1ccc(C(=O)NCc2c[nH]c(=S)n2[C@H]2CCc3c(F)cc(F)cc3C2)nc1. The van der Waals surface area contributed by atoms with E-state index in [1.54, 1.807) is 18.5 Å². The van der Waals surface area contributed by atoms with Crippen molar-refractivity contribution in [2.24, 2.45) is 0 Å². The Balaban J connectivity index is 1.45. The van der Waals surface area contributed by atoms with Crippen LogP contribution in [0.1, 0.15) is 65.1 Å². The van der Waals surface area contributed by atoms with E-state index < -0.39 is 11.6 Å². The number of imidazole rings is 1. The van der Waals surface area contributed by atoms with E-state index >= 15 is 0 Å². The van der Waals surface area contributed by atoms with Gasteiger partial charge in [0.25, 0.3) is 5.91 Å². The number of nitrogens with one attached hydrogen (secondary N) is 2. The number of H-pyrrole nitrogens is 1. The second-order valence-electron chi connectivity index (χ2n) is 8.21. The lowest BCUT2D eigenvalue weighted by molar-refractivity contribution is 0.0944. The van der Waals surface area contributed by atoms with Crippen LogP contribution in [-0.2, 0) is 25.8 Å². The largest absolute Gasteiger partial charge is 0.345 e. The van der Waals surface area contributed by atoms with Gasteiger partial charge in [-0.15, -0.1) is 0 Å². The maximum Gasteiger partial charge on any atom is 0.270 e. The van der Waals surface area contributed by atoms with Gasteiger partial charge in [-0.3, -0.25) is 9.78 Å². The van der Waals surface area contributed by atoms with Gasteiger partial charge in [-0.1, -0.05) is 19.4 Å². The van der Waals surface area contributed by atoms with Gasteiger partial charge in [0.15, 0.2) is 4.77 Å². The maximum atomic E-state index is 14.1. The fourth-order valence-corrected chi connectivity index (χ4v) is 4.63. The van der Waals surface area contributed by atoms with Gasteiger partial charge in [0, 0.05) is 24.5 Å². The van der Waals surface area contributed by atoms with E-state index in [9.17, 15) is 13.6 Å². The summed E-state index contributed by atoms with van der Waals surface area (Å²) in [6.07, 6.45) is 8.36. The quantitative estimate of drug-likeness (QED) is 0.479. The smallest absolute Gasteiger partial charge is 0.270 e. The molecule has 0 spiro atoms. The van der Waals surface area contributed by atoms with E-state index in [4.69, 9.17) is 12.2 Å². The molecule has 0 saturated heterocycles. The van der Waals surface area contributed by atoms with Crippen molar-refractivity contribution in [3.8, 4) is 0 Å². The summed E-state index contributed by atoms with van der Waals surface area (Å²) in [5.41, 5.74) is 3.54. The third-order valence-electron chi connectivity index (χ3n) is 6.00. The molecule has 2 aromatic heterocycles. The molecule has 3 aromatic rings. The van der Waals surface area contributed by atoms with E-state index in [0.29, 0.717) is 40.9 Å². The number of halogens is 2. The predicted molar refractivity (Wildman–Crippen MR) is 121 cm³/mol. The average Bonchev–Trinajstić information content (AvgIpc) is 3.16. The van der Waals surface area contributed by atoms with E-state index in [0.717, 1.165) is 36.6 Å². The van der Waals surface area contributed by atoms with Crippen molar-refractivity contribution in [3.63, 3.8) is 0 Å². The number of carbonyl (C=O) groups excluding carboxylic acids is 1. The van der Waals surface area contributed by atoms with Crippen LogP contribution in [0.15, 0.2) is 36.7 Å². The van der Waals surface area contributed by atoms with Crippen molar-refractivity contribution in [3.05, 3.63) is 81.1 Å². The summed E-state index contributed by atoms with van der Waals surface area (Å²) in [6.45, 7) is 2.41. The number of rotatable bonds is 7. The van der Waals surface area contributed by atoms with Crippen LogP contribution in [0.3, 0.4) is 0 Å². The van der Waals surface area contributed by atoms with Gasteiger partial charge < -0.3 is 14.9 Å². The Morgan fingerprint density at radius 1 is 1.34 bits per heavy atom. The van der Waals surface area contributed by atoms with E-state index in [-0.39, 0.29) is 18.5 Å². The molecule has 2 N–H and O–H groups in total. The van der Waals surface area contributed by atoms with Crippen LogP contribution in [0.2, 0.25) is 0 Å². The van der Waals surface area contributed by atoms with Crippen molar-refractivity contribution < 1.29 is 13.6 Å². The van der Waals surface area contributed by atoms with Gasteiger partial charge >= 0.3 is 0 Å². The zero-order chi connectivity index (χ0) is 22.7. The lowest BCUT2D eigenvalue weighted by Gasteiger charge is -2.27. The molecule has 0 saturated carbocycles. The second kappa shape index (κ2) is 9.73. The van der Waals surface area contributed by atoms with Crippen LogP contribution in [0.4, 0.5) is 8.78 Å². The van der Waals surface area contributed by atoms with Crippen molar-refractivity contribution in [2.75, 3.05) is 0 Å². The monoisotopic (exact) mass is 456 g/mol. The van der Waals surface area contributed by atoms with E-state index in [2.05, 4.69) is 22.2 Å². The molecule has 1 aliphatic rings. The minimum absolute atomic E-state index is 0.0367. The number of aromatic amines is 1. The molecule has 1 aromatic carbocycles. The van der Waals surface area contributed by atoms with Crippen molar-refractivity contribution >= 4 is 18.1 Å². The van der Waals surface area contributed by atoms with Crippen LogP contribution < -0.4 is 5.32 Å². The van der Waals surface area contributed by atoms with Gasteiger partial charge in [-0.25, -0.2) is 8.78 Å². The third kappa shape index (κ3) is 4.80. The van der Waals surface area contributed by atoms with Crippen LogP contribution in [0.5, 0.6) is 0 Å². The maximum absolute atomic E-state index is 14.1. The molecule has 0 fully saturated rings. The highest BCUT2D eigenvalue weighted by molar-refractivity contribution is 7.71. The number of pyridine rings is 1. The average molecular weight is 457 g/mol. The molecular weight excluding hydrogens is 430 g/mol. The molecular formula is C24H26F2N4OS. The molecule has 0 aliphatic heterocycles. The van der Waals surface area contributed by atoms with Gasteiger partial charge in [0.05, 0.1) is 12.2 Å². The number of aryl methyl sites for hydroxylation is 1. The first-order valence-corrected chi connectivity index (χ1v) is 11.4. The Morgan fingerprint density at radius 3 is 2.94 bits per heavy atom. The molecule has 0 bridgehead atoms. The van der Waals surface area contributed by atoms with Crippen LogP contribution in [-0.4, -0.2) is 20.4 Å². The highest BCUT2D eigenvalue weighted by atomic mass is 32.1. The summed E-state index contributed by atoms with van der Waals surface area (Å²) < 4.78 is 30.3. The minimum atomic E-state index is -0.569. The molecule has 1 atom stereocenters. The first-order chi connectivity index (χ1) is 15.5. The Labute approximate surface area is 190 Å². The highest BCUT2D eigenvalue weighted by Crippen LogP contribution is 2.32. The van der Waals surface area contributed by atoms with Crippen molar-refractivity contribution in [1.82, 2.24) is 19.9 Å². The Bertz CT molecular complexity index is 1170. The standard InChI is InChI=1S/C24H26F2N4OS/c1-2-3-4-15-5-8-22(27-12-15)23(31)28-13-19-14-29-24(32)30(19)18-6-7-20-16(10-18)9-17(25)11-21(20)26/h5,8-9,11-12,14,18H,2-4,6-7,10,13H2,1H3,(H,28,31)(H,29,32)/t18-/m0/s1. The van der Waals surface area contributed by atoms with E-state index in [1.807, 2.05) is 10.6 Å². The normalized spacial score (nSPS) is 15.4. The molecule has 1 aliphatic carbocycles. The summed E-state index contributed by atoms with van der Waals surface area (Å²) in [7, 11) is 0. The first kappa shape index (κ1) is 22.3.